The molecule has 3 aromatic carbocycles. The predicted molar refractivity (Wildman–Crippen MR) is 114 cm³/mol. The summed E-state index contributed by atoms with van der Waals surface area (Å²) in [6.07, 6.45) is 5.14. The van der Waals surface area contributed by atoms with E-state index in [0.717, 1.165) is 5.56 Å². The lowest BCUT2D eigenvalue weighted by atomic mass is 10.1. The zero-order chi connectivity index (χ0) is 21.1. The molecule has 0 aliphatic carbocycles. The molecule has 0 saturated heterocycles. The summed E-state index contributed by atoms with van der Waals surface area (Å²) < 4.78 is 35.6. The number of carbonyl (C=O) groups excluding carboxylic acids is 1. The number of ketones is 1. The Balaban J connectivity index is 1.52. The smallest absolute Gasteiger partial charge is 0.339 e. The van der Waals surface area contributed by atoms with E-state index in [0.29, 0.717) is 10.6 Å². The predicted octanol–water partition coefficient (Wildman–Crippen LogP) is 5.28. The molecule has 0 unspecified atom stereocenters. The van der Waals surface area contributed by atoms with E-state index in [2.05, 4.69) is 0 Å². The maximum Gasteiger partial charge on any atom is 0.339 e. The van der Waals surface area contributed by atoms with Gasteiger partial charge in [-0.2, -0.15) is 8.42 Å². The Labute approximate surface area is 179 Å². The molecule has 7 heteroatoms. The monoisotopic (exact) mass is 438 g/mol. The Morgan fingerprint density at radius 1 is 0.933 bits per heavy atom. The van der Waals surface area contributed by atoms with Gasteiger partial charge >= 0.3 is 10.1 Å². The van der Waals surface area contributed by atoms with Gasteiger partial charge in [0.25, 0.3) is 0 Å². The lowest BCUT2D eigenvalue weighted by molar-refractivity contribution is 0.101. The lowest BCUT2D eigenvalue weighted by Crippen LogP contribution is -2.09. The Hall–Kier alpha value is -3.35. The quantitative estimate of drug-likeness (QED) is 0.400. The standard InChI is InChI=1S/C23H15ClO5S/c24-17-9-12-19(13-10-17)30(26,27)29-18-11-14-20-22(15-18)28-21(23(20)25)8-4-7-16-5-2-1-3-6-16/h1-15H. The van der Waals surface area contributed by atoms with Crippen LogP contribution >= 0.6 is 11.6 Å². The lowest BCUT2D eigenvalue weighted by Gasteiger charge is -2.08. The van der Waals surface area contributed by atoms with E-state index < -0.39 is 10.1 Å². The fourth-order valence-corrected chi connectivity index (χ4v) is 3.87. The van der Waals surface area contributed by atoms with Gasteiger partial charge in [-0.3, -0.25) is 4.79 Å². The normalized spacial score (nSPS) is 14.7. The molecule has 0 saturated carbocycles. The number of hydrogen-bond acceptors (Lipinski definition) is 5. The molecule has 0 amide bonds. The van der Waals surface area contributed by atoms with E-state index in [4.69, 9.17) is 20.5 Å². The van der Waals surface area contributed by atoms with Gasteiger partial charge in [0.1, 0.15) is 16.4 Å². The molecule has 0 bridgehead atoms. The first-order valence-corrected chi connectivity index (χ1v) is 10.7. The topological polar surface area (TPSA) is 69.7 Å². The maximum atomic E-state index is 12.5. The minimum atomic E-state index is -4.04. The number of Topliss-reactive ketones (excluding diaryl/α,β-unsaturated/α-hetero) is 1. The Morgan fingerprint density at radius 2 is 1.67 bits per heavy atom. The summed E-state index contributed by atoms with van der Waals surface area (Å²) in [7, 11) is -4.04. The fourth-order valence-electron chi connectivity index (χ4n) is 2.82. The maximum absolute atomic E-state index is 12.5. The van der Waals surface area contributed by atoms with Gasteiger partial charge in [-0.05, 0) is 48.0 Å². The SMILES string of the molecule is O=C1C(=CC=Cc2ccccc2)Oc2cc(OS(=O)(=O)c3ccc(Cl)cc3)ccc21. The summed E-state index contributed by atoms with van der Waals surface area (Å²) in [5, 5.41) is 0.416. The molecule has 0 fully saturated rings. The molecule has 1 aliphatic rings. The number of fused-ring (bicyclic) bond motifs is 1. The second-order valence-electron chi connectivity index (χ2n) is 6.38. The number of hydrogen-bond donors (Lipinski definition) is 0. The van der Waals surface area contributed by atoms with Gasteiger partial charge in [-0.1, -0.05) is 54.1 Å². The van der Waals surface area contributed by atoms with Crippen molar-refractivity contribution in [1.29, 1.82) is 0 Å². The van der Waals surface area contributed by atoms with Crippen LogP contribution in [0.15, 0.2) is 95.6 Å². The van der Waals surface area contributed by atoms with Gasteiger partial charge in [-0.15, -0.1) is 0 Å². The van der Waals surface area contributed by atoms with Gasteiger partial charge < -0.3 is 8.92 Å². The number of carbonyl (C=O) groups is 1. The first-order valence-electron chi connectivity index (χ1n) is 8.92. The van der Waals surface area contributed by atoms with Crippen LogP contribution in [0.25, 0.3) is 6.08 Å². The molecule has 1 aliphatic heterocycles. The first kappa shape index (κ1) is 19.9. The Morgan fingerprint density at radius 3 is 2.40 bits per heavy atom. The first-order chi connectivity index (χ1) is 14.4. The van der Waals surface area contributed by atoms with Crippen LogP contribution in [-0.4, -0.2) is 14.2 Å². The van der Waals surface area contributed by atoms with E-state index >= 15 is 0 Å². The second kappa shape index (κ2) is 8.18. The average Bonchev–Trinajstić information content (AvgIpc) is 3.04. The molecule has 5 nitrogen and oxygen atoms in total. The fraction of sp³-hybridized carbons (Fsp3) is 0. The number of ether oxygens (including phenoxy) is 1. The third-order valence-corrected chi connectivity index (χ3v) is 5.80. The van der Waals surface area contributed by atoms with Crippen LogP contribution in [-0.2, 0) is 10.1 Å². The van der Waals surface area contributed by atoms with Crippen molar-refractivity contribution in [3.63, 3.8) is 0 Å². The number of halogens is 1. The molecule has 0 N–H and O–H groups in total. The van der Waals surface area contributed by atoms with Crippen molar-refractivity contribution in [2.45, 2.75) is 4.90 Å². The van der Waals surface area contributed by atoms with Crippen molar-refractivity contribution >= 4 is 33.6 Å². The Kier molecular flexibility index (Phi) is 5.44. The molecule has 0 atom stereocenters. The highest BCUT2D eigenvalue weighted by atomic mass is 35.5. The van der Waals surface area contributed by atoms with Crippen LogP contribution in [0.1, 0.15) is 15.9 Å². The van der Waals surface area contributed by atoms with Crippen molar-refractivity contribution in [3.8, 4) is 11.5 Å². The van der Waals surface area contributed by atoms with Crippen molar-refractivity contribution < 1.29 is 22.1 Å². The third-order valence-electron chi connectivity index (χ3n) is 4.29. The summed E-state index contributed by atoms with van der Waals surface area (Å²) in [6, 6.07) is 19.5. The number of allylic oxidation sites excluding steroid dienone is 3. The van der Waals surface area contributed by atoms with Crippen molar-refractivity contribution in [1.82, 2.24) is 0 Å². The van der Waals surface area contributed by atoms with Gasteiger partial charge in [0.05, 0.1) is 5.56 Å². The van der Waals surface area contributed by atoms with Crippen LogP contribution in [0.5, 0.6) is 11.5 Å². The molecule has 30 heavy (non-hydrogen) atoms. The van der Waals surface area contributed by atoms with Crippen LogP contribution in [0.3, 0.4) is 0 Å². The highest BCUT2D eigenvalue weighted by molar-refractivity contribution is 7.87. The molecular formula is C23H15ClO5S. The van der Waals surface area contributed by atoms with E-state index in [1.807, 2.05) is 36.4 Å². The van der Waals surface area contributed by atoms with Crippen LogP contribution < -0.4 is 8.92 Å². The summed E-state index contributed by atoms with van der Waals surface area (Å²) in [5.74, 6) is 0.144. The minimum Gasteiger partial charge on any atom is -0.452 e. The van der Waals surface area contributed by atoms with Gasteiger partial charge in [0.2, 0.25) is 5.78 Å². The highest BCUT2D eigenvalue weighted by Gasteiger charge is 2.28. The molecule has 0 aromatic heterocycles. The molecule has 1 heterocycles. The van der Waals surface area contributed by atoms with Gasteiger partial charge in [0, 0.05) is 11.1 Å². The molecular weight excluding hydrogens is 424 g/mol. The summed E-state index contributed by atoms with van der Waals surface area (Å²) >= 11 is 5.79. The average molecular weight is 439 g/mol. The van der Waals surface area contributed by atoms with Gasteiger partial charge in [-0.25, -0.2) is 0 Å². The summed E-state index contributed by atoms with van der Waals surface area (Å²) in [5.41, 5.74) is 1.33. The zero-order valence-corrected chi connectivity index (χ0v) is 17.1. The molecule has 0 radical (unpaired) electrons. The van der Waals surface area contributed by atoms with Gasteiger partial charge in [0.15, 0.2) is 5.76 Å². The molecule has 3 aromatic rings. The van der Waals surface area contributed by atoms with Crippen LogP contribution in [0.4, 0.5) is 0 Å². The number of benzene rings is 3. The van der Waals surface area contributed by atoms with E-state index in [1.54, 1.807) is 12.2 Å². The molecule has 0 spiro atoms. The van der Waals surface area contributed by atoms with Crippen LogP contribution in [0.2, 0.25) is 5.02 Å². The van der Waals surface area contributed by atoms with E-state index in [-0.39, 0.29) is 27.9 Å². The molecule has 4 rings (SSSR count). The third kappa shape index (κ3) is 4.30. The van der Waals surface area contributed by atoms with E-state index in [9.17, 15) is 13.2 Å². The molecule has 150 valence electrons. The van der Waals surface area contributed by atoms with Crippen LogP contribution in [0, 0.1) is 0 Å². The highest BCUT2D eigenvalue weighted by Crippen LogP contribution is 2.35. The summed E-state index contributed by atoms with van der Waals surface area (Å²) in [6.45, 7) is 0. The second-order valence-corrected chi connectivity index (χ2v) is 8.36. The van der Waals surface area contributed by atoms with Crippen molar-refractivity contribution in [2.75, 3.05) is 0 Å². The number of rotatable bonds is 5. The Bertz CT molecular complexity index is 1260. The zero-order valence-electron chi connectivity index (χ0n) is 15.5. The summed E-state index contributed by atoms with van der Waals surface area (Å²) in [4.78, 5) is 12.5. The van der Waals surface area contributed by atoms with Crippen molar-refractivity contribution in [2.24, 2.45) is 0 Å². The van der Waals surface area contributed by atoms with E-state index in [1.165, 1.54) is 42.5 Å². The minimum absolute atomic E-state index is 0.0315. The largest absolute Gasteiger partial charge is 0.452 e. The van der Waals surface area contributed by atoms with Crippen molar-refractivity contribution in [3.05, 3.63) is 107 Å².